The van der Waals surface area contributed by atoms with Crippen molar-refractivity contribution in [2.45, 2.75) is 26.2 Å². The molecular formula is C17H23N3O2. The third-order valence-corrected chi connectivity index (χ3v) is 3.53. The highest BCUT2D eigenvalue weighted by atomic mass is 16.5. The Labute approximate surface area is 131 Å². The van der Waals surface area contributed by atoms with E-state index in [1.54, 1.807) is 11.0 Å². The number of hydrogen-bond donors (Lipinski definition) is 1. The van der Waals surface area contributed by atoms with Crippen LogP contribution in [0.2, 0.25) is 0 Å². The molecule has 22 heavy (non-hydrogen) atoms. The molecule has 0 unspecified atom stereocenters. The van der Waals surface area contributed by atoms with Gasteiger partial charge in [0.15, 0.2) is 0 Å². The van der Waals surface area contributed by atoms with Crippen LogP contribution < -0.4 is 5.73 Å². The summed E-state index contributed by atoms with van der Waals surface area (Å²) in [6, 6.07) is 11.8. The standard InChI is InChI=1S/C17H23N3O2/c1-13(2)15-12-16(22-19-15)17(21)20(11-9-18)10-8-14-6-4-3-5-7-14/h3-7,12-13H,8-11,18H2,1-2H3. The maximum atomic E-state index is 12.5. The molecule has 0 aliphatic rings. The molecule has 1 heterocycles. The summed E-state index contributed by atoms with van der Waals surface area (Å²) in [7, 11) is 0. The summed E-state index contributed by atoms with van der Waals surface area (Å²) in [5.41, 5.74) is 7.61. The second-order valence-electron chi connectivity index (χ2n) is 5.59. The van der Waals surface area contributed by atoms with Crippen LogP contribution in [-0.2, 0) is 6.42 Å². The molecule has 0 radical (unpaired) electrons. The molecule has 2 N–H and O–H groups in total. The van der Waals surface area contributed by atoms with Gasteiger partial charge in [-0.3, -0.25) is 4.79 Å². The van der Waals surface area contributed by atoms with E-state index in [0.29, 0.717) is 19.6 Å². The van der Waals surface area contributed by atoms with Crippen LogP contribution in [0.15, 0.2) is 40.9 Å². The molecule has 0 spiro atoms. The quantitative estimate of drug-likeness (QED) is 0.852. The maximum Gasteiger partial charge on any atom is 0.292 e. The van der Waals surface area contributed by atoms with E-state index in [1.807, 2.05) is 32.0 Å². The molecular weight excluding hydrogens is 278 g/mol. The smallest absolute Gasteiger partial charge is 0.292 e. The van der Waals surface area contributed by atoms with Crippen molar-refractivity contribution in [1.82, 2.24) is 10.1 Å². The fraction of sp³-hybridized carbons (Fsp3) is 0.412. The van der Waals surface area contributed by atoms with Gasteiger partial charge >= 0.3 is 0 Å². The van der Waals surface area contributed by atoms with Crippen molar-refractivity contribution in [3.8, 4) is 0 Å². The Morgan fingerprint density at radius 3 is 2.59 bits per heavy atom. The number of aromatic nitrogens is 1. The van der Waals surface area contributed by atoms with Crippen LogP contribution >= 0.6 is 0 Å². The summed E-state index contributed by atoms with van der Waals surface area (Å²) >= 11 is 0. The Bertz CT molecular complexity index is 593. The van der Waals surface area contributed by atoms with E-state index in [2.05, 4.69) is 17.3 Å². The van der Waals surface area contributed by atoms with Crippen molar-refractivity contribution in [3.05, 3.63) is 53.4 Å². The summed E-state index contributed by atoms with van der Waals surface area (Å²) < 4.78 is 5.19. The maximum absolute atomic E-state index is 12.5. The van der Waals surface area contributed by atoms with Gasteiger partial charge in [-0.2, -0.15) is 0 Å². The molecule has 5 nitrogen and oxygen atoms in total. The van der Waals surface area contributed by atoms with Crippen molar-refractivity contribution in [2.24, 2.45) is 5.73 Å². The molecule has 1 aromatic heterocycles. The van der Waals surface area contributed by atoms with E-state index in [0.717, 1.165) is 12.1 Å². The molecule has 0 bridgehead atoms. The minimum absolute atomic E-state index is 0.152. The molecule has 118 valence electrons. The summed E-state index contributed by atoms with van der Waals surface area (Å²) in [6.45, 7) is 5.56. The van der Waals surface area contributed by atoms with Gasteiger partial charge in [-0.05, 0) is 17.9 Å². The van der Waals surface area contributed by atoms with Crippen LogP contribution in [0.1, 0.15) is 41.6 Å². The van der Waals surface area contributed by atoms with Crippen LogP contribution in [0.5, 0.6) is 0 Å². The van der Waals surface area contributed by atoms with Gasteiger partial charge in [-0.15, -0.1) is 0 Å². The molecule has 0 atom stereocenters. The first kappa shape index (κ1) is 16.2. The highest BCUT2D eigenvalue weighted by molar-refractivity contribution is 5.91. The number of rotatable bonds is 7. The van der Waals surface area contributed by atoms with Crippen molar-refractivity contribution in [3.63, 3.8) is 0 Å². The number of hydrogen-bond acceptors (Lipinski definition) is 4. The molecule has 0 aliphatic carbocycles. The predicted molar refractivity (Wildman–Crippen MR) is 85.7 cm³/mol. The Morgan fingerprint density at radius 2 is 2.00 bits per heavy atom. The molecule has 0 aliphatic heterocycles. The van der Waals surface area contributed by atoms with Gasteiger partial charge in [-0.25, -0.2) is 0 Å². The summed E-state index contributed by atoms with van der Waals surface area (Å²) in [6.07, 6.45) is 0.789. The molecule has 2 rings (SSSR count). The van der Waals surface area contributed by atoms with E-state index in [9.17, 15) is 4.79 Å². The van der Waals surface area contributed by atoms with Gasteiger partial charge in [0.1, 0.15) is 0 Å². The van der Waals surface area contributed by atoms with Gasteiger partial charge in [0, 0.05) is 25.7 Å². The van der Waals surface area contributed by atoms with Crippen LogP contribution in [0.25, 0.3) is 0 Å². The average molecular weight is 301 g/mol. The summed E-state index contributed by atoms with van der Waals surface area (Å²) in [5, 5.41) is 3.94. The molecule has 5 heteroatoms. The largest absolute Gasteiger partial charge is 0.351 e. The van der Waals surface area contributed by atoms with Crippen molar-refractivity contribution in [2.75, 3.05) is 19.6 Å². The normalized spacial score (nSPS) is 10.9. The highest BCUT2D eigenvalue weighted by Gasteiger charge is 2.20. The number of amides is 1. The molecule has 1 amide bonds. The Morgan fingerprint density at radius 1 is 1.27 bits per heavy atom. The fourth-order valence-corrected chi connectivity index (χ4v) is 2.20. The Kier molecular flexibility index (Phi) is 5.72. The van der Waals surface area contributed by atoms with E-state index < -0.39 is 0 Å². The van der Waals surface area contributed by atoms with E-state index >= 15 is 0 Å². The number of nitrogens with two attached hydrogens (primary N) is 1. The third kappa shape index (κ3) is 4.18. The van der Waals surface area contributed by atoms with E-state index in [4.69, 9.17) is 10.3 Å². The molecule has 0 saturated carbocycles. The number of carbonyl (C=O) groups excluding carboxylic acids is 1. The van der Waals surface area contributed by atoms with Gasteiger partial charge in [0.25, 0.3) is 5.91 Å². The number of benzene rings is 1. The highest BCUT2D eigenvalue weighted by Crippen LogP contribution is 2.15. The van der Waals surface area contributed by atoms with Gasteiger partial charge < -0.3 is 15.2 Å². The molecule has 0 fully saturated rings. The lowest BCUT2D eigenvalue weighted by atomic mass is 10.1. The topological polar surface area (TPSA) is 72.4 Å². The number of carbonyl (C=O) groups is 1. The predicted octanol–water partition coefficient (Wildman–Crippen LogP) is 2.44. The Balaban J connectivity index is 2.04. The lowest BCUT2D eigenvalue weighted by molar-refractivity contribution is 0.0720. The number of nitrogens with zero attached hydrogens (tertiary/aromatic N) is 2. The third-order valence-electron chi connectivity index (χ3n) is 3.53. The molecule has 2 aromatic rings. The van der Waals surface area contributed by atoms with Gasteiger partial charge in [0.05, 0.1) is 5.69 Å². The minimum atomic E-state index is -0.152. The zero-order chi connectivity index (χ0) is 15.9. The van der Waals surface area contributed by atoms with E-state index in [-0.39, 0.29) is 17.6 Å². The van der Waals surface area contributed by atoms with Crippen LogP contribution in [0.3, 0.4) is 0 Å². The zero-order valence-electron chi connectivity index (χ0n) is 13.2. The Hall–Kier alpha value is -2.14. The first-order chi connectivity index (χ1) is 10.6. The van der Waals surface area contributed by atoms with Gasteiger partial charge in [-0.1, -0.05) is 49.3 Å². The SMILES string of the molecule is CC(C)c1cc(C(=O)N(CCN)CCc2ccccc2)on1. The fourth-order valence-electron chi connectivity index (χ4n) is 2.20. The second-order valence-corrected chi connectivity index (χ2v) is 5.59. The lowest BCUT2D eigenvalue weighted by Crippen LogP contribution is -2.36. The minimum Gasteiger partial charge on any atom is -0.351 e. The molecule has 1 aromatic carbocycles. The van der Waals surface area contributed by atoms with Crippen molar-refractivity contribution in [1.29, 1.82) is 0 Å². The van der Waals surface area contributed by atoms with Crippen molar-refractivity contribution < 1.29 is 9.32 Å². The summed E-state index contributed by atoms with van der Waals surface area (Å²) in [4.78, 5) is 14.2. The summed E-state index contributed by atoms with van der Waals surface area (Å²) in [5.74, 6) is 0.364. The van der Waals surface area contributed by atoms with Crippen LogP contribution in [0.4, 0.5) is 0 Å². The van der Waals surface area contributed by atoms with Crippen molar-refractivity contribution >= 4 is 5.91 Å². The monoisotopic (exact) mass is 301 g/mol. The lowest BCUT2D eigenvalue weighted by Gasteiger charge is -2.20. The zero-order valence-corrected chi connectivity index (χ0v) is 13.2. The van der Waals surface area contributed by atoms with Gasteiger partial charge in [0.2, 0.25) is 5.76 Å². The first-order valence-electron chi connectivity index (χ1n) is 7.61. The molecule has 0 saturated heterocycles. The van der Waals surface area contributed by atoms with Crippen LogP contribution in [0, 0.1) is 0 Å². The average Bonchev–Trinajstić information content (AvgIpc) is 3.02. The van der Waals surface area contributed by atoms with E-state index in [1.165, 1.54) is 5.56 Å². The second kappa shape index (κ2) is 7.75. The first-order valence-corrected chi connectivity index (χ1v) is 7.61. The van der Waals surface area contributed by atoms with Crippen LogP contribution in [-0.4, -0.2) is 35.6 Å².